The van der Waals surface area contributed by atoms with Gasteiger partial charge in [-0.15, -0.1) is 11.3 Å². The van der Waals surface area contributed by atoms with Crippen LogP contribution in [-0.4, -0.2) is 32.6 Å². The molecular formula is C7H7ClN2O5S2. The molecule has 1 saturated heterocycles. The molecule has 94 valence electrons. The van der Waals surface area contributed by atoms with Crippen LogP contribution in [0.5, 0.6) is 0 Å². The molecule has 0 atom stereocenters. The summed E-state index contributed by atoms with van der Waals surface area (Å²) in [6, 6.07) is 0.675. The highest BCUT2D eigenvalue weighted by Gasteiger charge is 2.29. The molecule has 1 aliphatic heterocycles. The fourth-order valence-electron chi connectivity index (χ4n) is 1.18. The molecule has 2 heterocycles. The number of nitrogens with one attached hydrogen (secondary N) is 1. The summed E-state index contributed by atoms with van der Waals surface area (Å²) in [7, 11) is -3.76. The Morgan fingerprint density at radius 3 is 2.65 bits per heavy atom. The van der Waals surface area contributed by atoms with Gasteiger partial charge in [0.2, 0.25) is 0 Å². The van der Waals surface area contributed by atoms with Crippen molar-refractivity contribution in [2.24, 2.45) is 0 Å². The van der Waals surface area contributed by atoms with E-state index in [4.69, 9.17) is 16.3 Å². The van der Waals surface area contributed by atoms with Crippen LogP contribution in [0.3, 0.4) is 0 Å². The molecule has 0 saturated carbocycles. The Balaban J connectivity index is 2.26. The van der Waals surface area contributed by atoms with Crippen LogP contribution in [0.2, 0.25) is 4.34 Å². The van der Waals surface area contributed by atoms with E-state index in [9.17, 15) is 18.5 Å². The van der Waals surface area contributed by atoms with E-state index in [1.807, 2.05) is 0 Å². The molecular weight excluding hydrogens is 292 g/mol. The molecule has 1 N–H and O–H groups in total. The van der Waals surface area contributed by atoms with Crippen molar-refractivity contribution in [1.29, 1.82) is 0 Å². The van der Waals surface area contributed by atoms with Gasteiger partial charge in [-0.2, -0.15) is 0 Å². The third kappa shape index (κ3) is 2.58. The maximum Gasteiger partial charge on any atom is 0.300 e. The Hall–Kier alpha value is -0.740. The summed E-state index contributed by atoms with van der Waals surface area (Å²) in [4.78, 5) is 9.83. The van der Waals surface area contributed by atoms with E-state index in [1.165, 1.54) is 0 Å². The first kappa shape index (κ1) is 12.7. The van der Waals surface area contributed by atoms with E-state index in [2.05, 4.69) is 4.72 Å². The van der Waals surface area contributed by atoms with Crippen molar-refractivity contribution in [2.75, 3.05) is 13.2 Å². The number of sulfonamides is 1. The fraction of sp³-hybridized carbons (Fsp3) is 0.429. The maximum absolute atomic E-state index is 11.8. The highest BCUT2D eigenvalue weighted by Crippen LogP contribution is 2.36. The van der Waals surface area contributed by atoms with Gasteiger partial charge in [-0.3, -0.25) is 10.1 Å². The van der Waals surface area contributed by atoms with Crippen LogP contribution in [0.4, 0.5) is 5.69 Å². The van der Waals surface area contributed by atoms with E-state index >= 15 is 0 Å². The van der Waals surface area contributed by atoms with Crippen molar-refractivity contribution in [2.45, 2.75) is 10.3 Å². The molecule has 1 fully saturated rings. The van der Waals surface area contributed by atoms with Gasteiger partial charge in [-0.25, -0.2) is 13.1 Å². The second-order valence-electron chi connectivity index (χ2n) is 3.34. The SMILES string of the molecule is O=[N+]([O-])c1cc(S(=O)(=O)NC2COC2)sc1Cl. The van der Waals surface area contributed by atoms with Crippen LogP contribution in [-0.2, 0) is 14.8 Å². The minimum absolute atomic E-state index is 0.153. The summed E-state index contributed by atoms with van der Waals surface area (Å²) in [5.74, 6) is 0. The van der Waals surface area contributed by atoms with Crippen molar-refractivity contribution in [1.82, 2.24) is 4.72 Å². The molecule has 1 aromatic heterocycles. The Labute approximate surface area is 106 Å². The number of hydrogen-bond donors (Lipinski definition) is 1. The molecule has 0 unspecified atom stereocenters. The Bertz CT molecular complexity index is 551. The molecule has 7 nitrogen and oxygen atoms in total. The minimum atomic E-state index is -3.76. The quantitative estimate of drug-likeness (QED) is 0.660. The van der Waals surface area contributed by atoms with Gasteiger partial charge >= 0.3 is 0 Å². The zero-order valence-electron chi connectivity index (χ0n) is 8.25. The van der Waals surface area contributed by atoms with E-state index in [-0.39, 0.29) is 14.6 Å². The number of nitrogens with zero attached hydrogens (tertiary/aromatic N) is 1. The predicted octanol–water partition coefficient (Wildman–Crippen LogP) is 0.987. The van der Waals surface area contributed by atoms with Gasteiger partial charge in [0, 0.05) is 6.07 Å². The van der Waals surface area contributed by atoms with Crippen LogP contribution in [0.1, 0.15) is 0 Å². The third-order valence-corrected chi connectivity index (χ3v) is 5.40. The average Bonchev–Trinajstić information content (AvgIpc) is 2.55. The van der Waals surface area contributed by atoms with E-state index in [0.29, 0.717) is 24.6 Å². The predicted molar refractivity (Wildman–Crippen MR) is 60.9 cm³/mol. The normalized spacial score (nSPS) is 16.8. The van der Waals surface area contributed by atoms with Crippen LogP contribution in [0, 0.1) is 10.1 Å². The van der Waals surface area contributed by atoms with Gasteiger partial charge in [0.15, 0.2) is 4.34 Å². The van der Waals surface area contributed by atoms with Crippen LogP contribution < -0.4 is 4.72 Å². The molecule has 17 heavy (non-hydrogen) atoms. The van der Waals surface area contributed by atoms with E-state index < -0.39 is 20.6 Å². The number of hydrogen-bond acceptors (Lipinski definition) is 6. The summed E-state index contributed by atoms with van der Waals surface area (Å²) in [6.07, 6.45) is 0. The van der Waals surface area contributed by atoms with Gasteiger partial charge < -0.3 is 4.74 Å². The number of halogens is 1. The minimum Gasteiger partial charge on any atom is -0.378 e. The standard InChI is InChI=1S/C7H7ClN2O5S2/c8-7-5(10(11)12)1-6(16-7)17(13,14)9-4-2-15-3-4/h1,4,9H,2-3H2. The van der Waals surface area contributed by atoms with Crippen LogP contribution >= 0.6 is 22.9 Å². The first-order valence-electron chi connectivity index (χ1n) is 4.44. The summed E-state index contributed by atoms with van der Waals surface area (Å²) in [5.41, 5.74) is -0.401. The molecule has 0 aliphatic carbocycles. The lowest BCUT2D eigenvalue weighted by Gasteiger charge is -2.26. The van der Waals surface area contributed by atoms with Crippen molar-refractivity contribution >= 4 is 38.6 Å². The maximum atomic E-state index is 11.8. The highest BCUT2D eigenvalue weighted by molar-refractivity contribution is 7.91. The monoisotopic (exact) mass is 298 g/mol. The molecule has 1 aromatic rings. The van der Waals surface area contributed by atoms with Crippen molar-refractivity contribution in [3.05, 3.63) is 20.5 Å². The highest BCUT2D eigenvalue weighted by atomic mass is 35.5. The Morgan fingerprint density at radius 2 is 2.24 bits per heavy atom. The number of ether oxygens (including phenoxy) is 1. The molecule has 0 bridgehead atoms. The zero-order valence-corrected chi connectivity index (χ0v) is 10.6. The molecule has 10 heteroatoms. The van der Waals surface area contributed by atoms with Crippen molar-refractivity contribution in [3.8, 4) is 0 Å². The van der Waals surface area contributed by atoms with Gasteiger partial charge in [-0.05, 0) is 0 Å². The lowest BCUT2D eigenvalue weighted by Crippen LogP contribution is -2.48. The Morgan fingerprint density at radius 1 is 1.59 bits per heavy atom. The molecule has 0 amide bonds. The van der Waals surface area contributed by atoms with Crippen LogP contribution in [0.25, 0.3) is 0 Å². The van der Waals surface area contributed by atoms with Gasteiger partial charge in [-0.1, -0.05) is 11.6 Å². The summed E-state index contributed by atoms with van der Waals surface area (Å²) in [6.45, 7) is 0.612. The topological polar surface area (TPSA) is 98.5 Å². The molecule has 0 spiro atoms. The Kier molecular flexibility index (Phi) is 3.36. The first-order valence-corrected chi connectivity index (χ1v) is 7.12. The number of rotatable bonds is 4. The average molecular weight is 299 g/mol. The van der Waals surface area contributed by atoms with E-state index in [1.54, 1.807) is 0 Å². The summed E-state index contributed by atoms with van der Waals surface area (Å²) < 4.78 is 30.4. The van der Waals surface area contributed by atoms with Gasteiger partial charge in [0.1, 0.15) is 4.21 Å². The van der Waals surface area contributed by atoms with Crippen molar-refractivity contribution < 1.29 is 18.1 Å². The van der Waals surface area contributed by atoms with Crippen molar-refractivity contribution in [3.63, 3.8) is 0 Å². The molecule has 0 aromatic carbocycles. The first-order chi connectivity index (χ1) is 7.90. The number of thiophene rings is 1. The lowest BCUT2D eigenvalue weighted by atomic mass is 10.3. The second kappa shape index (κ2) is 4.50. The summed E-state index contributed by atoms with van der Waals surface area (Å²) >= 11 is 6.25. The van der Waals surface area contributed by atoms with Crippen LogP contribution in [0.15, 0.2) is 10.3 Å². The van der Waals surface area contributed by atoms with Gasteiger partial charge in [0.05, 0.1) is 24.2 Å². The zero-order chi connectivity index (χ0) is 12.6. The fourth-order valence-corrected chi connectivity index (χ4v) is 4.06. The smallest absolute Gasteiger partial charge is 0.300 e. The summed E-state index contributed by atoms with van der Waals surface area (Å²) in [5, 5.41) is 10.5. The van der Waals surface area contributed by atoms with E-state index in [0.717, 1.165) is 6.07 Å². The second-order valence-corrected chi connectivity index (χ2v) is 6.93. The molecule has 1 aliphatic rings. The third-order valence-electron chi connectivity index (χ3n) is 2.07. The largest absolute Gasteiger partial charge is 0.378 e. The molecule has 2 rings (SSSR count). The van der Waals surface area contributed by atoms with Gasteiger partial charge in [0.25, 0.3) is 15.7 Å². The number of nitro groups is 1. The lowest BCUT2D eigenvalue weighted by molar-refractivity contribution is -0.384. The molecule has 0 radical (unpaired) electrons.